The molecule has 0 fully saturated rings. The van der Waals surface area contributed by atoms with Gasteiger partial charge in [-0.3, -0.25) is 0 Å². The lowest BCUT2D eigenvalue weighted by Crippen LogP contribution is -2.32. The third-order valence-corrected chi connectivity index (χ3v) is 3.47. The van der Waals surface area contributed by atoms with Gasteiger partial charge in [0.1, 0.15) is 18.5 Å². The first-order valence-electron chi connectivity index (χ1n) is 7.73. The van der Waals surface area contributed by atoms with Gasteiger partial charge in [0.05, 0.1) is 6.61 Å². The molecule has 0 amide bonds. The second-order valence-corrected chi connectivity index (χ2v) is 5.47. The number of nitrogen functional groups attached to an aromatic ring is 1. The highest BCUT2D eigenvalue weighted by Crippen LogP contribution is 2.13. The fourth-order valence-electron chi connectivity index (χ4n) is 2.17. The first-order valence-corrected chi connectivity index (χ1v) is 7.73. The smallest absolute Gasteiger partial charge is 0.119 e. The molecule has 5 nitrogen and oxygen atoms in total. The Morgan fingerprint density at radius 3 is 2.61 bits per heavy atom. The maximum absolute atomic E-state index is 9.92. The van der Waals surface area contributed by atoms with Crippen LogP contribution in [0.5, 0.6) is 5.75 Å². The number of ether oxygens (including phenoxy) is 1. The molecular weight excluding hydrogens is 292 g/mol. The van der Waals surface area contributed by atoms with E-state index < -0.39 is 6.10 Å². The van der Waals surface area contributed by atoms with E-state index in [1.165, 1.54) is 5.56 Å². The minimum Gasteiger partial charge on any atom is -0.491 e. The molecule has 5 N–H and O–H groups in total. The van der Waals surface area contributed by atoms with Crippen molar-refractivity contribution in [2.45, 2.75) is 19.1 Å². The maximum atomic E-state index is 9.92. The lowest BCUT2D eigenvalue weighted by Gasteiger charge is -2.14. The molecule has 0 spiro atoms. The molecule has 1 unspecified atom stereocenters. The maximum Gasteiger partial charge on any atom is 0.119 e. The van der Waals surface area contributed by atoms with E-state index in [1.807, 2.05) is 36.4 Å². The molecule has 0 radical (unpaired) electrons. The third-order valence-electron chi connectivity index (χ3n) is 3.47. The van der Waals surface area contributed by atoms with Gasteiger partial charge in [0, 0.05) is 12.2 Å². The second kappa shape index (κ2) is 9.15. The minimum atomic E-state index is -0.584. The average molecular weight is 316 g/mol. The molecule has 23 heavy (non-hydrogen) atoms. The molecule has 5 heteroatoms. The topological polar surface area (TPSA) is 87.7 Å². The summed E-state index contributed by atoms with van der Waals surface area (Å²) in [4.78, 5) is 0. The van der Waals surface area contributed by atoms with Crippen molar-refractivity contribution in [2.24, 2.45) is 0 Å². The van der Waals surface area contributed by atoms with Gasteiger partial charge in [0.25, 0.3) is 0 Å². The zero-order valence-corrected chi connectivity index (χ0v) is 13.1. The number of nitrogens with two attached hydrogens (primary N) is 1. The zero-order chi connectivity index (χ0) is 16.5. The molecule has 1 atom stereocenters. The van der Waals surface area contributed by atoms with Gasteiger partial charge in [-0.2, -0.15) is 0 Å². The van der Waals surface area contributed by atoms with Crippen molar-refractivity contribution in [2.75, 3.05) is 25.4 Å². The Hall–Kier alpha value is -2.08. The van der Waals surface area contributed by atoms with E-state index >= 15 is 0 Å². The third kappa shape index (κ3) is 6.28. The van der Waals surface area contributed by atoms with Gasteiger partial charge in [-0.15, -0.1) is 0 Å². The van der Waals surface area contributed by atoms with Crippen LogP contribution in [0.4, 0.5) is 5.69 Å². The van der Waals surface area contributed by atoms with E-state index in [2.05, 4.69) is 5.32 Å². The Labute approximate surface area is 136 Å². The fraction of sp³-hybridized carbons (Fsp3) is 0.333. The van der Waals surface area contributed by atoms with Crippen molar-refractivity contribution in [3.63, 3.8) is 0 Å². The first-order chi connectivity index (χ1) is 11.2. The largest absolute Gasteiger partial charge is 0.491 e. The summed E-state index contributed by atoms with van der Waals surface area (Å²) in [5.74, 6) is 0.650. The van der Waals surface area contributed by atoms with Crippen LogP contribution in [-0.2, 0) is 13.0 Å². The summed E-state index contributed by atoms with van der Waals surface area (Å²) in [7, 11) is 0. The Kier molecular flexibility index (Phi) is 6.87. The van der Waals surface area contributed by atoms with Crippen LogP contribution in [-0.4, -0.2) is 36.0 Å². The molecule has 2 aromatic rings. The quantitative estimate of drug-likeness (QED) is 0.414. The average Bonchev–Trinajstić information content (AvgIpc) is 2.58. The summed E-state index contributed by atoms with van der Waals surface area (Å²) in [6.45, 7) is 1.44. The molecule has 0 aliphatic rings. The summed E-state index contributed by atoms with van der Waals surface area (Å²) in [5, 5.41) is 22.2. The minimum absolute atomic E-state index is 0.0214. The number of aliphatic hydroxyl groups is 2. The number of rotatable bonds is 9. The van der Waals surface area contributed by atoms with E-state index in [0.29, 0.717) is 12.3 Å². The molecule has 0 saturated heterocycles. The lowest BCUT2D eigenvalue weighted by atomic mass is 10.1. The number of anilines is 1. The molecule has 0 aliphatic carbocycles. The summed E-state index contributed by atoms with van der Waals surface area (Å²) in [5.41, 5.74) is 8.40. The van der Waals surface area contributed by atoms with E-state index in [4.69, 9.17) is 15.6 Å². The molecule has 0 bridgehead atoms. The predicted molar refractivity (Wildman–Crippen MR) is 91.3 cm³/mol. The molecule has 0 aliphatic heterocycles. The SMILES string of the molecule is Nc1ccc(CCNCC(O)COc2cccc(CO)c2)cc1. The normalized spacial score (nSPS) is 12.1. The summed E-state index contributed by atoms with van der Waals surface area (Å²) in [6, 6.07) is 15.0. The van der Waals surface area contributed by atoms with Crippen molar-refractivity contribution < 1.29 is 14.9 Å². The molecular formula is C18H24N2O3. The van der Waals surface area contributed by atoms with Crippen molar-refractivity contribution in [3.8, 4) is 5.75 Å². The second-order valence-electron chi connectivity index (χ2n) is 5.47. The zero-order valence-electron chi connectivity index (χ0n) is 13.1. The summed E-state index contributed by atoms with van der Waals surface area (Å²) in [6.07, 6.45) is 0.297. The highest BCUT2D eigenvalue weighted by atomic mass is 16.5. The Morgan fingerprint density at radius 1 is 1.09 bits per heavy atom. The highest BCUT2D eigenvalue weighted by molar-refractivity contribution is 5.39. The van der Waals surface area contributed by atoms with Crippen LogP contribution in [0.15, 0.2) is 48.5 Å². The molecule has 124 valence electrons. The van der Waals surface area contributed by atoms with Crippen LogP contribution in [0, 0.1) is 0 Å². The monoisotopic (exact) mass is 316 g/mol. The van der Waals surface area contributed by atoms with Gasteiger partial charge in [-0.05, 0) is 48.4 Å². The Balaban J connectivity index is 1.63. The van der Waals surface area contributed by atoms with Crippen molar-refractivity contribution >= 4 is 5.69 Å². The lowest BCUT2D eigenvalue weighted by molar-refractivity contribution is 0.106. The standard InChI is InChI=1S/C18H24N2O3/c19-16-6-4-14(5-7-16)8-9-20-11-17(22)13-23-18-3-1-2-15(10-18)12-21/h1-7,10,17,20-22H,8-9,11-13,19H2. The van der Waals surface area contributed by atoms with E-state index in [-0.39, 0.29) is 13.2 Å². The molecule has 2 rings (SSSR count). The Morgan fingerprint density at radius 2 is 1.87 bits per heavy atom. The Bertz CT molecular complexity index is 587. The first kappa shape index (κ1) is 17.3. The van der Waals surface area contributed by atoms with Crippen LogP contribution >= 0.6 is 0 Å². The van der Waals surface area contributed by atoms with Crippen LogP contribution in [0.1, 0.15) is 11.1 Å². The molecule has 0 saturated carbocycles. The van der Waals surface area contributed by atoms with Crippen molar-refractivity contribution in [1.82, 2.24) is 5.32 Å². The van der Waals surface area contributed by atoms with Gasteiger partial charge < -0.3 is 26.0 Å². The highest BCUT2D eigenvalue weighted by Gasteiger charge is 2.05. The summed E-state index contributed by atoms with van der Waals surface area (Å²) < 4.78 is 5.52. The van der Waals surface area contributed by atoms with Crippen LogP contribution in [0.2, 0.25) is 0 Å². The summed E-state index contributed by atoms with van der Waals surface area (Å²) >= 11 is 0. The number of hydrogen-bond donors (Lipinski definition) is 4. The van der Waals surface area contributed by atoms with Crippen LogP contribution in [0.25, 0.3) is 0 Å². The molecule has 0 aromatic heterocycles. The van der Waals surface area contributed by atoms with Gasteiger partial charge in [0.2, 0.25) is 0 Å². The van der Waals surface area contributed by atoms with Gasteiger partial charge in [-0.1, -0.05) is 24.3 Å². The van der Waals surface area contributed by atoms with Crippen molar-refractivity contribution in [1.29, 1.82) is 0 Å². The van der Waals surface area contributed by atoms with Gasteiger partial charge in [0.15, 0.2) is 0 Å². The van der Waals surface area contributed by atoms with E-state index in [0.717, 1.165) is 24.2 Å². The predicted octanol–water partition coefficient (Wildman–Crippen LogP) is 1.33. The molecule has 2 aromatic carbocycles. The number of benzene rings is 2. The molecule has 0 heterocycles. The van der Waals surface area contributed by atoms with Crippen molar-refractivity contribution in [3.05, 3.63) is 59.7 Å². The fourth-order valence-corrected chi connectivity index (χ4v) is 2.17. The van der Waals surface area contributed by atoms with Gasteiger partial charge >= 0.3 is 0 Å². The van der Waals surface area contributed by atoms with Crippen LogP contribution < -0.4 is 15.8 Å². The number of nitrogens with one attached hydrogen (secondary N) is 1. The van der Waals surface area contributed by atoms with Crippen LogP contribution in [0.3, 0.4) is 0 Å². The number of aliphatic hydroxyl groups excluding tert-OH is 2. The van der Waals surface area contributed by atoms with E-state index in [9.17, 15) is 5.11 Å². The number of hydrogen-bond acceptors (Lipinski definition) is 5. The van der Waals surface area contributed by atoms with Gasteiger partial charge in [-0.25, -0.2) is 0 Å². The van der Waals surface area contributed by atoms with E-state index in [1.54, 1.807) is 12.1 Å².